The van der Waals surface area contributed by atoms with E-state index in [1.54, 1.807) is 13.2 Å². The molecule has 2 N–H and O–H groups in total. The first-order chi connectivity index (χ1) is 9.80. The van der Waals surface area contributed by atoms with Gasteiger partial charge in [0.2, 0.25) is 0 Å². The van der Waals surface area contributed by atoms with Gasteiger partial charge in [-0.3, -0.25) is 0 Å². The van der Waals surface area contributed by atoms with E-state index in [1.165, 1.54) is 7.41 Å². The minimum Gasteiger partial charge on any atom is -0.497 e. The summed E-state index contributed by atoms with van der Waals surface area (Å²) in [6.07, 6.45) is 6.98. The summed E-state index contributed by atoms with van der Waals surface area (Å²) in [6.45, 7) is 0.0639. The summed E-state index contributed by atoms with van der Waals surface area (Å²) >= 11 is 0. The monoisotopic (exact) mass is 274 g/mol. The Kier molecular flexibility index (Phi) is 8.43. The van der Waals surface area contributed by atoms with Crippen LogP contribution in [-0.2, 0) is 11.2 Å². The van der Waals surface area contributed by atoms with Crippen LogP contribution < -0.4 is 9.96 Å². The largest absolute Gasteiger partial charge is 0.497 e. The van der Waals surface area contributed by atoms with Crippen molar-refractivity contribution in [3.63, 3.8) is 0 Å². The van der Waals surface area contributed by atoms with Crippen LogP contribution in [-0.4, -0.2) is 38.5 Å². The fraction of sp³-hybridized carbons (Fsp3) is 0.400. The minimum atomic E-state index is 0.0639. The molecule has 0 saturated carbocycles. The topological polar surface area (TPSA) is 58.6 Å². The van der Waals surface area contributed by atoms with Gasteiger partial charge in [0, 0.05) is 6.04 Å². The van der Waals surface area contributed by atoms with Gasteiger partial charge in [-0.1, -0.05) is 24.3 Å². The van der Waals surface area contributed by atoms with Crippen molar-refractivity contribution in [2.24, 2.45) is 0 Å². The van der Waals surface area contributed by atoms with Crippen LogP contribution >= 0.6 is 0 Å². The van der Waals surface area contributed by atoms with Gasteiger partial charge in [0.25, 0.3) is 7.41 Å². The fourth-order valence-electron chi connectivity index (χ4n) is 1.99. The number of nitrogens with one attached hydrogen (secondary N) is 1. The molecule has 0 aliphatic carbocycles. The summed E-state index contributed by atoms with van der Waals surface area (Å²) in [5, 5.41) is 11.8. The van der Waals surface area contributed by atoms with Gasteiger partial charge in [-0.2, -0.15) is 0 Å². The number of hydrogen-bond donors (Lipinski definition) is 2. The summed E-state index contributed by atoms with van der Waals surface area (Å²) < 4.78 is 5.21. The van der Waals surface area contributed by atoms with Crippen molar-refractivity contribution in [3.05, 3.63) is 42.0 Å². The standard InChI is InChI=1S/C15H21BNO3/c1-20-15-8-5-6-13(11-15)10-14(17-16-12-19)7-3-2-4-9-18/h2,4-6,8,11-12,14,17-18H,3,7,9-10H2,1H3/t14-/m0/s1. The van der Waals surface area contributed by atoms with Gasteiger partial charge in [0.05, 0.1) is 19.9 Å². The minimum absolute atomic E-state index is 0.0639. The van der Waals surface area contributed by atoms with E-state index in [0.29, 0.717) is 0 Å². The van der Waals surface area contributed by atoms with Gasteiger partial charge in [0.15, 0.2) is 0 Å². The number of aliphatic hydroxyl groups excluding tert-OH is 1. The molecule has 0 amide bonds. The van der Waals surface area contributed by atoms with Crippen LogP contribution in [0.4, 0.5) is 0 Å². The van der Waals surface area contributed by atoms with Crippen molar-refractivity contribution in [3.8, 4) is 5.75 Å². The number of allylic oxidation sites excluding steroid dienone is 1. The van der Waals surface area contributed by atoms with Crippen molar-refractivity contribution in [1.82, 2.24) is 5.23 Å². The zero-order valence-electron chi connectivity index (χ0n) is 11.8. The van der Waals surface area contributed by atoms with Gasteiger partial charge in [0.1, 0.15) is 5.75 Å². The molecule has 0 aliphatic heterocycles. The Bertz CT molecular complexity index is 423. The third-order valence-corrected chi connectivity index (χ3v) is 2.97. The molecule has 0 saturated heterocycles. The van der Waals surface area contributed by atoms with Crippen LogP contribution in [0.25, 0.3) is 0 Å². The van der Waals surface area contributed by atoms with Crippen LogP contribution in [0.5, 0.6) is 5.75 Å². The average Bonchev–Trinajstić information content (AvgIpc) is 2.49. The molecule has 0 unspecified atom stereocenters. The maximum atomic E-state index is 10.5. The molecule has 107 valence electrons. The second-order valence-corrected chi connectivity index (χ2v) is 4.45. The lowest BCUT2D eigenvalue weighted by Gasteiger charge is -2.17. The number of rotatable bonds is 10. The van der Waals surface area contributed by atoms with Crippen LogP contribution in [0.2, 0.25) is 0 Å². The third kappa shape index (κ3) is 6.54. The quantitative estimate of drug-likeness (QED) is 0.384. The molecule has 1 rings (SSSR count). The van der Waals surface area contributed by atoms with E-state index >= 15 is 0 Å². The second kappa shape index (κ2) is 10.2. The zero-order valence-corrected chi connectivity index (χ0v) is 11.8. The molecule has 0 fully saturated rings. The highest BCUT2D eigenvalue weighted by Gasteiger charge is 2.09. The Morgan fingerprint density at radius 1 is 1.45 bits per heavy atom. The first-order valence-corrected chi connectivity index (χ1v) is 6.72. The van der Waals surface area contributed by atoms with E-state index in [9.17, 15) is 4.79 Å². The Labute approximate surface area is 121 Å². The van der Waals surface area contributed by atoms with Crippen LogP contribution in [0, 0.1) is 0 Å². The molecular formula is C15H21BNO3. The van der Waals surface area contributed by atoms with Crippen molar-refractivity contribution < 1.29 is 14.6 Å². The van der Waals surface area contributed by atoms with Crippen LogP contribution in [0.3, 0.4) is 0 Å². The second-order valence-electron chi connectivity index (χ2n) is 4.45. The number of carbonyl (C=O) groups is 1. The normalized spacial score (nSPS) is 12.3. The average molecular weight is 274 g/mol. The van der Waals surface area contributed by atoms with Gasteiger partial charge in [-0.15, -0.1) is 0 Å². The lowest BCUT2D eigenvalue weighted by Crippen LogP contribution is -2.34. The van der Waals surface area contributed by atoms with E-state index in [4.69, 9.17) is 9.84 Å². The smallest absolute Gasteiger partial charge is 0.290 e. The summed E-state index contributed by atoms with van der Waals surface area (Å²) in [4.78, 5) is 10.5. The highest BCUT2D eigenvalue weighted by atomic mass is 16.5. The summed E-state index contributed by atoms with van der Waals surface area (Å²) in [5.41, 5.74) is 1.16. The Morgan fingerprint density at radius 3 is 3.00 bits per heavy atom. The molecule has 0 aliphatic rings. The SMILES string of the molecule is COc1cccc(C[C@H](CCC=CCO)N[B]C=O)c1. The Balaban J connectivity index is 2.57. The molecule has 0 spiro atoms. The van der Waals surface area contributed by atoms with Crippen molar-refractivity contribution in [2.45, 2.75) is 25.3 Å². The molecule has 1 atom stereocenters. The van der Waals surface area contributed by atoms with Crippen molar-refractivity contribution in [2.75, 3.05) is 13.7 Å². The molecule has 5 heteroatoms. The van der Waals surface area contributed by atoms with E-state index in [-0.39, 0.29) is 12.6 Å². The molecule has 1 aromatic carbocycles. The van der Waals surface area contributed by atoms with Gasteiger partial charge in [-0.25, -0.2) is 0 Å². The van der Waals surface area contributed by atoms with Crippen molar-refractivity contribution >= 4 is 13.6 Å². The Morgan fingerprint density at radius 2 is 2.30 bits per heavy atom. The van der Waals surface area contributed by atoms with Gasteiger partial charge >= 0.3 is 0 Å². The highest BCUT2D eigenvalue weighted by Crippen LogP contribution is 2.15. The number of carbonyl (C=O) groups excluding carboxylic acids is 1. The number of aliphatic hydroxyl groups is 1. The molecule has 0 bridgehead atoms. The number of hydrogen-bond acceptors (Lipinski definition) is 4. The lowest BCUT2D eigenvalue weighted by molar-refractivity contribution is 0.342. The molecule has 0 heterocycles. The maximum Gasteiger partial charge on any atom is 0.290 e. The van der Waals surface area contributed by atoms with E-state index in [0.717, 1.165) is 36.8 Å². The molecule has 20 heavy (non-hydrogen) atoms. The fourth-order valence-corrected chi connectivity index (χ4v) is 1.99. The number of ether oxygens (including phenoxy) is 1. The third-order valence-electron chi connectivity index (χ3n) is 2.97. The van der Waals surface area contributed by atoms with Crippen LogP contribution in [0.1, 0.15) is 18.4 Å². The number of benzene rings is 1. The van der Waals surface area contributed by atoms with Gasteiger partial charge < -0.3 is 19.9 Å². The van der Waals surface area contributed by atoms with E-state index in [2.05, 4.69) is 5.23 Å². The first kappa shape index (κ1) is 16.5. The molecule has 0 aromatic heterocycles. The lowest BCUT2D eigenvalue weighted by atomic mass is 9.92. The van der Waals surface area contributed by atoms with E-state index < -0.39 is 0 Å². The van der Waals surface area contributed by atoms with Crippen molar-refractivity contribution in [1.29, 1.82) is 0 Å². The van der Waals surface area contributed by atoms with E-state index in [1.807, 2.05) is 30.3 Å². The molecule has 1 aromatic rings. The summed E-state index contributed by atoms with van der Waals surface area (Å²) in [5.74, 6) is 0.834. The summed E-state index contributed by atoms with van der Waals surface area (Å²) in [7, 11) is 3.08. The molecule has 1 radical (unpaired) electrons. The highest BCUT2D eigenvalue weighted by molar-refractivity contribution is 6.64. The maximum absolute atomic E-state index is 10.5. The van der Waals surface area contributed by atoms with Crippen LogP contribution in [0.15, 0.2) is 36.4 Å². The Hall–Kier alpha value is -1.59. The first-order valence-electron chi connectivity index (χ1n) is 6.72. The molecular weight excluding hydrogens is 253 g/mol. The summed E-state index contributed by atoms with van der Waals surface area (Å²) in [6, 6.07) is 8.09. The number of methoxy groups -OCH3 is 1. The molecule has 4 nitrogen and oxygen atoms in total. The predicted molar refractivity (Wildman–Crippen MR) is 81.6 cm³/mol. The van der Waals surface area contributed by atoms with Gasteiger partial charge in [-0.05, 0) is 37.0 Å². The zero-order chi connectivity index (χ0) is 14.6. The predicted octanol–water partition coefficient (Wildman–Crippen LogP) is 1.33.